The highest BCUT2D eigenvalue weighted by atomic mass is 14.8. The third-order valence-corrected chi connectivity index (χ3v) is 3.39. The molecule has 1 radical (unpaired) electrons. The third-order valence-electron chi connectivity index (χ3n) is 3.39. The van der Waals surface area contributed by atoms with Gasteiger partial charge < -0.3 is 5.32 Å². The molecule has 1 unspecified atom stereocenters. The van der Waals surface area contributed by atoms with Gasteiger partial charge in [-0.1, -0.05) is 32.6 Å². The van der Waals surface area contributed by atoms with E-state index in [0.29, 0.717) is 11.5 Å². The molecule has 1 atom stereocenters. The van der Waals surface area contributed by atoms with Crippen LogP contribution in [0.4, 0.5) is 0 Å². The Morgan fingerprint density at radius 3 is 2.38 bits per heavy atom. The summed E-state index contributed by atoms with van der Waals surface area (Å²) in [4.78, 5) is 0. The van der Waals surface area contributed by atoms with Gasteiger partial charge in [0, 0.05) is 12.5 Å². The second kappa shape index (κ2) is 8.65. The first-order chi connectivity index (χ1) is 7.52. The molecular weight excluding hydrogens is 194 g/mol. The van der Waals surface area contributed by atoms with E-state index >= 15 is 0 Å². The Labute approximate surface area is 102 Å². The first-order valence-corrected chi connectivity index (χ1v) is 6.58. The minimum atomic E-state index is 0.468. The van der Waals surface area contributed by atoms with Gasteiger partial charge in [0.15, 0.2) is 0 Å². The molecule has 1 nitrogen and oxygen atoms in total. The van der Waals surface area contributed by atoms with Crippen LogP contribution in [0.5, 0.6) is 0 Å². The molecule has 0 heterocycles. The maximum absolute atomic E-state index is 6.86. The van der Waals surface area contributed by atoms with Gasteiger partial charge in [0.05, 0.1) is 0 Å². The van der Waals surface area contributed by atoms with Crippen molar-refractivity contribution in [2.75, 3.05) is 7.05 Å². The van der Waals surface area contributed by atoms with Crippen LogP contribution in [-0.4, -0.2) is 13.1 Å². The van der Waals surface area contributed by atoms with Gasteiger partial charge in [-0.25, -0.2) is 0 Å². The topological polar surface area (TPSA) is 12.0 Å². The van der Waals surface area contributed by atoms with E-state index in [9.17, 15) is 0 Å². The van der Waals surface area contributed by atoms with Crippen LogP contribution in [-0.2, 0) is 0 Å². The lowest BCUT2D eigenvalue weighted by Gasteiger charge is -2.25. The normalized spacial score (nSPS) is 13.4. The van der Waals surface area contributed by atoms with Gasteiger partial charge in [-0.3, -0.25) is 0 Å². The predicted octanol–water partition coefficient (Wildman–Crippen LogP) is 3.94. The van der Waals surface area contributed by atoms with Crippen molar-refractivity contribution in [3.63, 3.8) is 0 Å². The Bertz CT molecular complexity index is 200. The third kappa shape index (κ3) is 8.80. The standard InChI is InChI=1S/C15H28N/c1-6-7-8-9-12-15(3,4)13-10-11-14(2)16-5/h14,16H,7-13H2,2-5H3. The molecule has 0 spiro atoms. The lowest BCUT2D eigenvalue weighted by molar-refractivity contribution is 0.281. The summed E-state index contributed by atoms with van der Waals surface area (Å²) in [6, 6.07) is 0.642. The fraction of sp³-hybridized carbons (Fsp3) is 0.867. The number of unbranched alkanes of at least 4 members (excludes halogenated alkanes) is 2. The number of rotatable bonds is 9. The highest BCUT2D eigenvalue weighted by Crippen LogP contribution is 2.29. The Balaban J connectivity index is 3.58. The van der Waals surface area contributed by atoms with E-state index in [2.05, 4.69) is 32.0 Å². The van der Waals surface area contributed by atoms with Gasteiger partial charge in [-0.2, -0.15) is 0 Å². The van der Waals surface area contributed by atoms with Gasteiger partial charge in [-0.15, -0.1) is 0 Å². The van der Waals surface area contributed by atoms with Crippen LogP contribution in [0.15, 0.2) is 0 Å². The molecule has 0 aromatic rings. The maximum Gasteiger partial charge on any atom is 0.00989 e. The molecule has 0 rings (SSSR count). The molecule has 1 heteroatoms. The summed E-state index contributed by atoms with van der Waals surface area (Å²) in [7, 11) is 2.03. The molecule has 0 aliphatic rings. The van der Waals surface area contributed by atoms with Crippen molar-refractivity contribution >= 4 is 0 Å². The van der Waals surface area contributed by atoms with E-state index in [1.165, 1.54) is 32.1 Å². The summed E-state index contributed by atoms with van der Waals surface area (Å²) in [5.41, 5.74) is 0.468. The molecule has 0 bridgehead atoms. The number of nitrogens with one attached hydrogen (secondary N) is 1. The first kappa shape index (κ1) is 15.5. The number of hydrogen-bond acceptors (Lipinski definition) is 1. The molecule has 0 saturated carbocycles. The quantitative estimate of drug-likeness (QED) is 0.460. The van der Waals surface area contributed by atoms with Gasteiger partial charge in [0.1, 0.15) is 0 Å². The lowest BCUT2D eigenvalue weighted by atomic mass is 9.82. The Kier molecular flexibility index (Phi) is 8.39. The lowest BCUT2D eigenvalue weighted by Crippen LogP contribution is -2.21. The van der Waals surface area contributed by atoms with E-state index < -0.39 is 0 Å². The molecular formula is C15H28N. The van der Waals surface area contributed by atoms with Crippen molar-refractivity contribution < 1.29 is 0 Å². The van der Waals surface area contributed by atoms with Crippen molar-refractivity contribution in [2.45, 2.75) is 71.8 Å². The predicted molar refractivity (Wildman–Crippen MR) is 71.8 cm³/mol. The number of hydrogen-bond donors (Lipinski definition) is 1. The second-order valence-corrected chi connectivity index (χ2v) is 5.63. The molecule has 0 aromatic carbocycles. The largest absolute Gasteiger partial charge is 0.317 e. The van der Waals surface area contributed by atoms with Crippen molar-refractivity contribution in [2.24, 2.45) is 5.41 Å². The van der Waals surface area contributed by atoms with Gasteiger partial charge >= 0.3 is 0 Å². The Morgan fingerprint density at radius 1 is 1.19 bits per heavy atom. The van der Waals surface area contributed by atoms with Crippen LogP contribution in [0.25, 0.3) is 0 Å². The monoisotopic (exact) mass is 222 g/mol. The minimum Gasteiger partial charge on any atom is -0.317 e. The van der Waals surface area contributed by atoms with Crippen molar-refractivity contribution in [1.29, 1.82) is 0 Å². The van der Waals surface area contributed by atoms with Gasteiger partial charge in [0.25, 0.3) is 0 Å². The second-order valence-electron chi connectivity index (χ2n) is 5.63. The molecule has 93 valence electrons. The molecule has 0 saturated heterocycles. The molecule has 1 N–H and O–H groups in total. The summed E-state index contributed by atoms with van der Waals surface area (Å²) in [5, 5.41) is 3.28. The smallest absolute Gasteiger partial charge is 0.00989 e. The summed E-state index contributed by atoms with van der Waals surface area (Å²) in [6.07, 6.45) is 15.2. The van der Waals surface area contributed by atoms with Crippen molar-refractivity contribution in [1.82, 2.24) is 5.32 Å². The van der Waals surface area contributed by atoms with E-state index in [-0.39, 0.29) is 0 Å². The van der Waals surface area contributed by atoms with Crippen LogP contribution < -0.4 is 5.32 Å². The zero-order valence-corrected chi connectivity index (χ0v) is 11.5. The zero-order valence-electron chi connectivity index (χ0n) is 11.5. The maximum atomic E-state index is 6.86. The highest BCUT2D eigenvalue weighted by Gasteiger charge is 2.16. The van der Waals surface area contributed by atoms with Crippen LogP contribution in [0, 0.1) is 17.8 Å². The fourth-order valence-corrected chi connectivity index (χ4v) is 1.97. The highest BCUT2D eigenvalue weighted by molar-refractivity contribution is 4.76. The summed E-state index contributed by atoms with van der Waals surface area (Å²) in [6.45, 7) is 6.98. The minimum absolute atomic E-state index is 0.468. The average Bonchev–Trinajstić information content (AvgIpc) is 2.24. The Hall–Kier alpha value is -0.480. The zero-order chi connectivity index (χ0) is 12.4. The van der Waals surface area contributed by atoms with Crippen LogP contribution >= 0.6 is 0 Å². The van der Waals surface area contributed by atoms with Gasteiger partial charge in [0.2, 0.25) is 0 Å². The molecule has 16 heavy (non-hydrogen) atoms. The van der Waals surface area contributed by atoms with E-state index in [1.807, 2.05) is 7.05 Å². The van der Waals surface area contributed by atoms with E-state index in [1.54, 1.807) is 0 Å². The van der Waals surface area contributed by atoms with Crippen LogP contribution in [0.3, 0.4) is 0 Å². The van der Waals surface area contributed by atoms with Crippen LogP contribution in [0.1, 0.15) is 65.7 Å². The summed E-state index contributed by atoms with van der Waals surface area (Å²) >= 11 is 0. The van der Waals surface area contributed by atoms with E-state index in [4.69, 9.17) is 6.42 Å². The Morgan fingerprint density at radius 2 is 1.81 bits per heavy atom. The van der Waals surface area contributed by atoms with Crippen molar-refractivity contribution in [3.8, 4) is 5.92 Å². The average molecular weight is 222 g/mol. The van der Waals surface area contributed by atoms with Gasteiger partial charge in [-0.05, 0) is 51.5 Å². The first-order valence-electron chi connectivity index (χ1n) is 6.58. The summed E-state index contributed by atoms with van der Waals surface area (Å²) in [5.74, 6) is 2.46. The molecule has 0 aromatic heterocycles. The fourth-order valence-electron chi connectivity index (χ4n) is 1.97. The molecule has 0 aliphatic heterocycles. The van der Waals surface area contributed by atoms with Crippen molar-refractivity contribution in [3.05, 3.63) is 6.42 Å². The van der Waals surface area contributed by atoms with E-state index in [0.717, 1.165) is 12.8 Å². The molecule has 0 aliphatic carbocycles. The molecule has 0 amide bonds. The van der Waals surface area contributed by atoms with Crippen LogP contribution in [0.2, 0.25) is 0 Å². The molecule has 0 fully saturated rings. The summed E-state index contributed by atoms with van der Waals surface area (Å²) < 4.78 is 0. The SMILES string of the molecule is [C]#CCCCCC(C)(C)CCCC(C)NC.